The molecule has 1 aromatic heterocycles. The van der Waals surface area contributed by atoms with Crippen molar-refractivity contribution in [1.29, 1.82) is 0 Å². The third-order valence-electron chi connectivity index (χ3n) is 1.18. The Labute approximate surface area is 71.7 Å². The Balaban J connectivity index is 0. The van der Waals surface area contributed by atoms with Crippen molar-refractivity contribution < 1.29 is 23.0 Å². The molecule has 0 saturated carbocycles. The lowest BCUT2D eigenvalue weighted by Crippen LogP contribution is -3.00. The van der Waals surface area contributed by atoms with Gasteiger partial charge in [-0.1, -0.05) is 0 Å². The van der Waals surface area contributed by atoms with Gasteiger partial charge in [0.05, 0.1) is 12.2 Å². The summed E-state index contributed by atoms with van der Waals surface area (Å²) in [6.07, 6.45) is 1.23. The lowest BCUT2D eigenvalue weighted by molar-refractivity contribution is -0.0000101. The SMILES string of the molecule is Cc1ncoc1C(=O)CN.[Cl-].[H+]. The first kappa shape index (κ1) is 10.1. The number of halogens is 1. The van der Waals surface area contributed by atoms with Crippen LogP contribution in [0.4, 0.5) is 0 Å². The van der Waals surface area contributed by atoms with E-state index in [1.54, 1.807) is 6.92 Å². The van der Waals surface area contributed by atoms with E-state index in [4.69, 9.17) is 10.2 Å². The van der Waals surface area contributed by atoms with Crippen molar-refractivity contribution in [2.45, 2.75) is 6.92 Å². The fourth-order valence-electron chi connectivity index (χ4n) is 0.662. The van der Waals surface area contributed by atoms with Crippen molar-refractivity contribution in [1.82, 2.24) is 4.98 Å². The highest BCUT2D eigenvalue weighted by atomic mass is 35.5. The molecule has 0 saturated heterocycles. The summed E-state index contributed by atoms with van der Waals surface area (Å²) in [6.45, 7) is 1.67. The predicted molar refractivity (Wildman–Crippen MR) is 35.7 cm³/mol. The number of carbonyl (C=O) groups is 1. The maximum Gasteiger partial charge on any atom is 1.00 e. The second kappa shape index (κ2) is 4.10. The van der Waals surface area contributed by atoms with Gasteiger partial charge >= 0.3 is 1.43 Å². The topological polar surface area (TPSA) is 69.1 Å². The number of carbonyl (C=O) groups excluding carboxylic acids is 1. The van der Waals surface area contributed by atoms with Crippen LogP contribution in [0.15, 0.2) is 10.8 Å². The van der Waals surface area contributed by atoms with Crippen molar-refractivity contribution in [2.24, 2.45) is 5.73 Å². The second-order valence-corrected chi connectivity index (χ2v) is 1.89. The van der Waals surface area contributed by atoms with Crippen molar-refractivity contribution in [3.05, 3.63) is 17.8 Å². The maximum absolute atomic E-state index is 10.8. The molecule has 4 nitrogen and oxygen atoms in total. The van der Waals surface area contributed by atoms with E-state index in [-0.39, 0.29) is 31.9 Å². The average molecular weight is 177 g/mol. The van der Waals surface area contributed by atoms with E-state index >= 15 is 0 Å². The summed E-state index contributed by atoms with van der Waals surface area (Å²) < 4.78 is 4.78. The molecule has 0 aromatic carbocycles. The zero-order valence-electron chi connectivity index (χ0n) is 7.00. The van der Waals surface area contributed by atoms with Crippen LogP contribution < -0.4 is 18.1 Å². The van der Waals surface area contributed by atoms with Gasteiger partial charge in [0.15, 0.2) is 12.2 Å². The number of hydrogen-bond acceptors (Lipinski definition) is 4. The standard InChI is InChI=1S/C6H8N2O2.ClH/c1-4-6(5(9)2-7)10-3-8-4;/h3H,2,7H2,1H3;1H. The van der Waals surface area contributed by atoms with E-state index in [1.807, 2.05) is 0 Å². The molecule has 0 aliphatic heterocycles. The van der Waals surface area contributed by atoms with Crippen molar-refractivity contribution in [3.8, 4) is 0 Å². The minimum absolute atomic E-state index is 0. The smallest absolute Gasteiger partial charge is 1.00 e. The van der Waals surface area contributed by atoms with Crippen LogP contribution in [-0.4, -0.2) is 17.3 Å². The normalized spacial score (nSPS) is 8.91. The Hall–Kier alpha value is -0.870. The van der Waals surface area contributed by atoms with Crippen LogP contribution in [0, 0.1) is 6.92 Å². The summed E-state index contributed by atoms with van der Waals surface area (Å²) in [4.78, 5) is 14.6. The summed E-state index contributed by atoms with van der Waals surface area (Å²) in [5, 5.41) is 0. The molecule has 0 bridgehead atoms. The van der Waals surface area contributed by atoms with Crippen LogP contribution in [0.2, 0.25) is 0 Å². The lowest BCUT2D eigenvalue weighted by Gasteiger charge is -1.89. The largest absolute Gasteiger partial charge is 1.00 e. The Morgan fingerprint density at radius 2 is 2.55 bits per heavy atom. The van der Waals surface area contributed by atoms with Crippen LogP contribution >= 0.6 is 0 Å². The highest BCUT2D eigenvalue weighted by Crippen LogP contribution is 2.04. The number of rotatable bonds is 2. The summed E-state index contributed by atoms with van der Waals surface area (Å²) in [6, 6.07) is 0. The zero-order valence-corrected chi connectivity index (χ0v) is 6.76. The van der Waals surface area contributed by atoms with Gasteiger partial charge in [0.2, 0.25) is 5.78 Å². The molecular formula is C6H9ClN2O2. The van der Waals surface area contributed by atoms with Gasteiger partial charge in [-0.25, -0.2) is 4.98 Å². The van der Waals surface area contributed by atoms with Crippen LogP contribution in [0.3, 0.4) is 0 Å². The van der Waals surface area contributed by atoms with E-state index < -0.39 is 0 Å². The molecule has 0 fully saturated rings. The van der Waals surface area contributed by atoms with Gasteiger partial charge in [-0.2, -0.15) is 0 Å². The molecule has 0 unspecified atom stereocenters. The molecule has 0 atom stereocenters. The van der Waals surface area contributed by atoms with E-state index in [0.29, 0.717) is 5.69 Å². The maximum atomic E-state index is 10.8. The van der Waals surface area contributed by atoms with Crippen molar-refractivity contribution in [2.75, 3.05) is 6.54 Å². The van der Waals surface area contributed by atoms with Gasteiger partial charge in [-0.05, 0) is 6.92 Å². The molecular weight excluding hydrogens is 168 g/mol. The molecule has 62 valence electrons. The van der Waals surface area contributed by atoms with Crippen LogP contribution in [0.1, 0.15) is 17.7 Å². The summed E-state index contributed by atoms with van der Waals surface area (Å²) in [7, 11) is 0. The highest BCUT2D eigenvalue weighted by Gasteiger charge is 2.10. The first-order valence-electron chi connectivity index (χ1n) is 2.89. The predicted octanol–water partition coefficient (Wildman–Crippen LogP) is -2.76. The molecule has 0 aliphatic carbocycles. The number of nitrogens with zero attached hydrogens (tertiary/aromatic N) is 1. The molecule has 0 aliphatic rings. The summed E-state index contributed by atoms with van der Waals surface area (Å²) in [5.74, 6) is 0.0532. The van der Waals surface area contributed by atoms with Crippen molar-refractivity contribution in [3.63, 3.8) is 0 Å². The van der Waals surface area contributed by atoms with Gasteiger partial charge in [-0.3, -0.25) is 4.79 Å². The Kier molecular flexibility index (Phi) is 3.78. The minimum Gasteiger partial charge on any atom is -1.00 e. The molecule has 0 amide bonds. The van der Waals surface area contributed by atoms with Crippen molar-refractivity contribution >= 4 is 5.78 Å². The lowest BCUT2D eigenvalue weighted by atomic mass is 10.2. The van der Waals surface area contributed by atoms with Crippen LogP contribution in [0.5, 0.6) is 0 Å². The van der Waals surface area contributed by atoms with Gasteiger partial charge in [0, 0.05) is 0 Å². The summed E-state index contributed by atoms with van der Waals surface area (Å²) >= 11 is 0. The monoisotopic (exact) mass is 176 g/mol. The fourth-order valence-corrected chi connectivity index (χ4v) is 0.662. The third-order valence-corrected chi connectivity index (χ3v) is 1.18. The molecule has 1 rings (SSSR count). The van der Waals surface area contributed by atoms with E-state index in [9.17, 15) is 4.79 Å². The molecule has 11 heavy (non-hydrogen) atoms. The number of oxazole rings is 1. The van der Waals surface area contributed by atoms with Crippen LogP contribution in [-0.2, 0) is 0 Å². The Bertz CT molecular complexity index is 251. The Morgan fingerprint density at radius 1 is 1.91 bits per heavy atom. The van der Waals surface area contributed by atoms with Gasteiger partial charge in [-0.15, -0.1) is 0 Å². The highest BCUT2D eigenvalue weighted by molar-refractivity contribution is 5.95. The average Bonchev–Trinajstić information content (AvgIpc) is 2.34. The number of nitrogens with two attached hydrogens (primary N) is 1. The molecule has 0 radical (unpaired) electrons. The minimum atomic E-state index is -0.213. The quantitative estimate of drug-likeness (QED) is 0.496. The number of hydrogen-bond donors (Lipinski definition) is 1. The molecule has 2 N–H and O–H groups in total. The van der Waals surface area contributed by atoms with Crippen LogP contribution in [0.25, 0.3) is 0 Å². The number of aryl methyl sites for hydroxylation is 1. The van der Waals surface area contributed by atoms with Gasteiger partial charge < -0.3 is 22.6 Å². The molecule has 1 aromatic rings. The van der Waals surface area contributed by atoms with E-state index in [0.717, 1.165) is 0 Å². The first-order valence-corrected chi connectivity index (χ1v) is 2.89. The van der Waals surface area contributed by atoms with Gasteiger partial charge in [0.25, 0.3) is 0 Å². The molecule has 1 heterocycles. The van der Waals surface area contributed by atoms with Gasteiger partial charge in [0.1, 0.15) is 0 Å². The third kappa shape index (κ3) is 2.03. The first-order chi connectivity index (χ1) is 4.75. The molecule has 0 spiro atoms. The van der Waals surface area contributed by atoms with E-state index in [1.165, 1.54) is 6.39 Å². The second-order valence-electron chi connectivity index (χ2n) is 1.89. The molecule has 5 heteroatoms. The summed E-state index contributed by atoms with van der Waals surface area (Å²) in [5.41, 5.74) is 5.69. The Morgan fingerprint density at radius 3 is 2.91 bits per heavy atom. The fraction of sp³-hybridized carbons (Fsp3) is 0.333. The number of Topliss-reactive ketones (excluding diaryl/α,β-unsaturated/α-hetero) is 1. The number of aromatic nitrogens is 1. The van der Waals surface area contributed by atoms with E-state index in [2.05, 4.69) is 4.98 Å². The number of ketones is 1. The zero-order chi connectivity index (χ0) is 7.56.